The lowest BCUT2D eigenvalue weighted by atomic mass is 10.1. The third-order valence-electron chi connectivity index (χ3n) is 1.90. The van der Waals surface area contributed by atoms with Crippen molar-refractivity contribution in [1.82, 2.24) is 4.90 Å². The van der Waals surface area contributed by atoms with Gasteiger partial charge in [-0.1, -0.05) is 6.07 Å². The maximum atomic E-state index is 11.7. The first-order valence-electron chi connectivity index (χ1n) is 4.22. The van der Waals surface area contributed by atoms with Crippen molar-refractivity contribution < 1.29 is 9.53 Å². The van der Waals surface area contributed by atoms with Gasteiger partial charge < -0.3 is 15.4 Å². The number of nitrogens with two attached hydrogens (primary N) is 1. The minimum Gasteiger partial charge on any atom is -0.496 e. The van der Waals surface area contributed by atoms with Crippen LogP contribution >= 0.6 is 0 Å². The van der Waals surface area contributed by atoms with Gasteiger partial charge in [0.05, 0.1) is 7.11 Å². The maximum Gasteiger partial charge on any atom is 0.259 e. The van der Waals surface area contributed by atoms with Gasteiger partial charge in [0.1, 0.15) is 11.3 Å². The highest BCUT2D eigenvalue weighted by Gasteiger charge is 2.16. The van der Waals surface area contributed by atoms with Crippen molar-refractivity contribution in [2.45, 2.75) is 0 Å². The van der Waals surface area contributed by atoms with Crippen LogP contribution in [-0.4, -0.2) is 32.0 Å². The summed E-state index contributed by atoms with van der Waals surface area (Å²) in [7, 11) is 4.86. The number of anilines is 1. The fraction of sp³-hybridized carbons (Fsp3) is 0.300. The minimum absolute atomic E-state index is 0.153. The van der Waals surface area contributed by atoms with Gasteiger partial charge >= 0.3 is 0 Å². The molecular weight excluding hydrogens is 180 g/mol. The molecule has 0 fully saturated rings. The molecule has 0 aliphatic heterocycles. The van der Waals surface area contributed by atoms with Gasteiger partial charge in [0.15, 0.2) is 0 Å². The summed E-state index contributed by atoms with van der Waals surface area (Å²) in [5.41, 5.74) is 6.56. The SMILES string of the molecule is COc1cccc(N)c1C(=O)N(C)C. The Labute approximate surface area is 83.3 Å². The Balaban J connectivity index is 3.23. The predicted molar refractivity (Wildman–Crippen MR) is 55.4 cm³/mol. The maximum absolute atomic E-state index is 11.7. The molecule has 2 N–H and O–H groups in total. The van der Waals surface area contributed by atoms with Crippen molar-refractivity contribution in [2.24, 2.45) is 0 Å². The van der Waals surface area contributed by atoms with E-state index in [2.05, 4.69) is 0 Å². The molecule has 4 heteroatoms. The molecule has 0 aliphatic rings. The number of carbonyl (C=O) groups excluding carboxylic acids is 1. The highest BCUT2D eigenvalue weighted by atomic mass is 16.5. The zero-order chi connectivity index (χ0) is 10.7. The number of amides is 1. The second kappa shape index (κ2) is 4.00. The molecule has 0 saturated carbocycles. The number of rotatable bonds is 2. The van der Waals surface area contributed by atoms with Crippen LogP contribution in [0.5, 0.6) is 5.75 Å². The molecule has 0 unspecified atom stereocenters. The van der Waals surface area contributed by atoms with Crippen molar-refractivity contribution in [2.75, 3.05) is 26.9 Å². The Kier molecular flexibility index (Phi) is 2.96. The van der Waals surface area contributed by atoms with Crippen LogP contribution in [0.1, 0.15) is 10.4 Å². The van der Waals surface area contributed by atoms with E-state index >= 15 is 0 Å². The molecule has 0 atom stereocenters. The van der Waals surface area contributed by atoms with Gasteiger partial charge in [-0.25, -0.2) is 0 Å². The summed E-state index contributed by atoms with van der Waals surface area (Å²) in [4.78, 5) is 13.2. The average Bonchev–Trinajstić information content (AvgIpc) is 2.16. The average molecular weight is 194 g/mol. The quantitative estimate of drug-likeness (QED) is 0.714. The van der Waals surface area contributed by atoms with Crippen LogP contribution in [0.3, 0.4) is 0 Å². The lowest BCUT2D eigenvalue weighted by molar-refractivity contribution is 0.0825. The molecule has 0 radical (unpaired) electrons. The fourth-order valence-corrected chi connectivity index (χ4v) is 1.17. The van der Waals surface area contributed by atoms with Gasteiger partial charge in [-0.05, 0) is 12.1 Å². The van der Waals surface area contributed by atoms with Crippen molar-refractivity contribution in [1.29, 1.82) is 0 Å². The number of nitrogen functional groups attached to an aromatic ring is 1. The Hall–Kier alpha value is -1.71. The molecule has 0 heterocycles. The van der Waals surface area contributed by atoms with E-state index in [0.717, 1.165) is 0 Å². The summed E-state index contributed by atoms with van der Waals surface area (Å²) in [5.74, 6) is 0.351. The summed E-state index contributed by atoms with van der Waals surface area (Å²) < 4.78 is 5.07. The van der Waals surface area contributed by atoms with Crippen LogP contribution in [-0.2, 0) is 0 Å². The summed E-state index contributed by atoms with van der Waals surface area (Å²) >= 11 is 0. The molecule has 0 bridgehead atoms. The highest BCUT2D eigenvalue weighted by Crippen LogP contribution is 2.24. The Morgan fingerprint density at radius 2 is 2.07 bits per heavy atom. The topological polar surface area (TPSA) is 55.6 Å². The zero-order valence-corrected chi connectivity index (χ0v) is 8.57. The van der Waals surface area contributed by atoms with Crippen LogP contribution < -0.4 is 10.5 Å². The Morgan fingerprint density at radius 1 is 1.43 bits per heavy atom. The Bertz CT molecular complexity index is 348. The molecule has 1 aromatic rings. The largest absolute Gasteiger partial charge is 0.496 e. The molecule has 1 amide bonds. The van der Waals surface area contributed by atoms with E-state index in [9.17, 15) is 4.79 Å². The van der Waals surface area contributed by atoms with E-state index in [1.54, 1.807) is 32.3 Å². The summed E-state index contributed by atoms with van der Waals surface area (Å²) in [6, 6.07) is 5.15. The molecule has 0 aliphatic carbocycles. The molecule has 76 valence electrons. The number of hydrogen-bond donors (Lipinski definition) is 1. The molecule has 0 aromatic heterocycles. The first-order chi connectivity index (χ1) is 6.57. The summed E-state index contributed by atoms with van der Waals surface area (Å²) in [6.07, 6.45) is 0. The van der Waals surface area contributed by atoms with Crippen LogP contribution in [0.4, 0.5) is 5.69 Å². The first kappa shape index (κ1) is 10.4. The fourth-order valence-electron chi connectivity index (χ4n) is 1.17. The molecule has 4 nitrogen and oxygen atoms in total. The van der Waals surface area contributed by atoms with Crippen LogP contribution in [0, 0.1) is 0 Å². The Morgan fingerprint density at radius 3 is 2.57 bits per heavy atom. The van der Waals surface area contributed by atoms with Gasteiger partial charge in [0, 0.05) is 19.8 Å². The van der Waals surface area contributed by atoms with Crippen LogP contribution in [0.25, 0.3) is 0 Å². The number of nitrogens with zero attached hydrogens (tertiary/aromatic N) is 1. The highest BCUT2D eigenvalue weighted by molar-refractivity contribution is 6.01. The third kappa shape index (κ3) is 1.79. The third-order valence-corrected chi connectivity index (χ3v) is 1.90. The number of benzene rings is 1. The second-order valence-corrected chi connectivity index (χ2v) is 3.12. The smallest absolute Gasteiger partial charge is 0.259 e. The van der Waals surface area contributed by atoms with E-state index in [1.165, 1.54) is 12.0 Å². The molecule has 1 aromatic carbocycles. The number of methoxy groups -OCH3 is 1. The van der Waals surface area contributed by atoms with E-state index in [1.807, 2.05) is 0 Å². The standard InChI is InChI=1S/C10H14N2O2/c1-12(2)10(13)9-7(11)5-4-6-8(9)14-3/h4-6H,11H2,1-3H3. The van der Waals surface area contributed by atoms with E-state index in [-0.39, 0.29) is 5.91 Å². The molecule has 0 saturated heterocycles. The first-order valence-corrected chi connectivity index (χ1v) is 4.22. The minimum atomic E-state index is -0.153. The van der Waals surface area contributed by atoms with Gasteiger partial charge in [0.25, 0.3) is 5.91 Å². The van der Waals surface area contributed by atoms with Gasteiger partial charge in [0.2, 0.25) is 0 Å². The van der Waals surface area contributed by atoms with Crippen molar-refractivity contribution >= 4 is 11.6 Å². The summed E-state index contributed by atoms with van der Waals surface area (Å²) in [6.45, 7) is 0. The van der Waals surface area contributed by atoms with Crippen LogP contribution in [0.15, 0.2) is 18.2 Å². The van der Waals surface area contributed by atoms with Gasteiger partial charge in [-0.3, -0.25) is 4.79 Å². The van der Waals surface area contributed by atoms with Crippen molar-refractivity contribution in [3.05, 3.63) is 23.8 Å². The summed E-state index contributed by atoms with van der Waals surface area (Å²) in [5, 5.41) is 0. The number of ether oxygens (including phenoxy) is 1. The number of hydrogen-bond acceptors (Lipinski definition) is 3. The normalized spacial score (nSPS) is 9.64. The van der Waals surface area contributed by atoms with E-state index in [0.29, 0.717) is 17.0 Å². The monoisotopic (exact) mass is 194 g/mol. The zero-order valence-electron chi connectivity index (χ0n) is 8.57. The molecule has 0 spiro atoms. The molecule has 14 heavy (non-hydrogen) atoms. The van der Waals surface area contributed by atoms with Crippen molar-refractivity contribution in [3.63, 3.8) is 0 Å². The van der Waals surface area contributed by atoms with Crippen molar-refractivity contribution in [3.8, 4) is 5.75 Å². The second-order valence-electron chi connectivity index (χ2n) is 3.12. The lowest BCUT2D eigenvalue weighted by Gasteiger charge is -2.14. The molecular formula is C10H14N2O2. The van der Waals surface area contributed by atoms with Crippen LogP contribution in [0.2, 0.25) is 0 Å². The number of carbonyl (C=O) groups is 1. The van der Waals surface area contributed by atoms with Gasteiger partial charge in [-0.15, -0.1) is 0 Å². The van der Waals surface area contributed by atoms with E-state index in [4.69, 9.17) is 10.5 Å². The predicted octanol–water partition coefficient (Wildman–Crippen LogP) is 0.979. The van der Waals surface area contributed by atoms with Gasteiger partial charge in [-0.2, -0.15) is 0 Å². The van der Waals surface area contributed by atoms with E-state index < -0.39 is 0 Å². The lowest BCUT2D eigenvalue weighted by Crippen LogP contribution is -2.23. The molecule has 1 rings (SSSR count).